The number of nitrogens with zero attached hydrogens (tertiary/aromatic N) is 1. The first kappa shape index (κ1) is 15.7. The lowest BCUT2D eigenvalue weighted by Gasteiger charge is -2.24. The Morgan fingerprint density at radius 2 is 1.93 bits per heavy atom. The number of benzene rings is 2. The molecule has 27 heavy (non-hydrogen) atoms. The zero-order chi connectivity index (χ0) is 18.4. The Kier molecular flexibility index (Phi) is 3.50. The number of para-hydroxylation sites is 1. The van der Waals surface area contributed by atoms with E-state index in [1.165, 1.54) is 0 Å². The number of hydrogen-bond acceptors (Lipinski definition) is 5. The molecule has 2 aliphatic heterocycles. The first-order valence-corrected chi connectivity index (χ1v) is 8.75. The number of nitrogens with one attached hydrogen (secondary N) is 2. The summed E-state index contributed by atoms with van der Waals surface area (Å²) >= 11 is 0. The van der Waals surface area contributed by atoms with E-state index in [-0.39, 0.29) is 18.5 Å². The van der Waals surface area contributed by atoms with Crippen molar-refractivity contribution in [3.05, 3.63) is 82.7 Å². The van der Waals surface area contributed by atoms with Crippen molar-refractivity contribution in [2.45, 2.75) is 12.8 Å². The number of aromatic nitrogens is 2. The fourth-order valence-electron chi connectivity index (χ4n) is 3.70. The van der Waals surface area contributed by atoms with Crippen molar-refractivity contribution in [3.63, 3.8) is 0 Å². The minimum absolute atomic E-state index is 0.246. The first-order valence-electron chi connectivity index (χ1n) is 8.75. The number of hydrogen-bond donors (Lipinski definition) is 2. The molecule has 2 aliphatic rings. The second-order valence-corrected chi connectivity index (χ2v) is 6.62. The standard InChI is InChI=1S/C21H17N3O3/c1-12-17-18(19-16(11-26-21(19)25)22-20(17)24-23-12)13-6-5-9-15(10-13)27-14-7-3-2-4-8-14/h2-10,18H,11H2,1H3,(H2,22,23,24)/t18-/m0/s1. The van der Waals surface area contributed by atoms with Crippen LogP contribution in [0.5, 0.6) is 11.5 Å². The van der Waals surface area contributed by atoms with E-state index in [4.69, 9.17) is 9.47 Å². The molecule has 0 aliphatic carbocycles. The molecular formula is C21H17N3O3. The van der Waals surface area contributed by atoms with E-state index in [0.717, 1.165) is 34.1 Å². The number of H-pyrrole nitrogens is 1. The first-order chi connectivity index (χ1) is 13.2. The Balaban J connectivity index is 1.60. The van der Waals surface area contributed by atoms with Crippen molar-refractivity contribution in [2.24, 2.45) is 0 Å². The van der Waals surface area contributed by atoms with Crippen LogP contribution in [0.4, 0.5) is 5.82 Å². The number of ether oxygens (including phenoxy) is 2. The zero-order valence-corrected chi connectivity index (χ0v) is 14.7. The van der Waals surface area contributed by atoms with E-state index in [1.54, 1.807) is 0 Å². The molecule has 6 heteroatoms. The van der Waals surface area contributed by atoms with Crippen LogP contribution in [0, 0.1) is 6.92 Å². The molecule has 0 saturated carbocycles. The van der Waals surface area contributed by atoms with Crippen LogP contribution in [0.2, 0.25) is 0 Å². The molecule has 0 spiro atoms. The normalized spacial score (nSPS) is 17.8. The maximum Gasteiger partial charge on any atom is 0.337 e. The molecular weight excluding hydrogens is 342 g/mol. The summed E-state index contributed by atoms with van der Waals surface area (Å²) in [5.41, 5.74) is 4.26. The molecule has 3 heterocycles. The number of aryl methyl sites for hydroxylation is 1. The Morgan fingerprint density at radius 1 is 1.11 bits per heavy atom. The van der Waals surface area contributed by atoms with Crippen molar-refractivity contribution in [3.8, 4) is 11.5 Å². The summed E-state index contributed by atoms with van der Waals surface area (Å²) < 4.78 is 11.2. The number of aromatic amines is 1. The highest BCUT2D eigenvalue weighted by Crippen LogP contribution is 2.45. The van der Waals surface area contributed by atoms with Crippen molar-refractivity contribution in [2.75, 3.05) is 11.9 Å². The van der Waals surface area contributed by atoms with Gasteiger partial charge in [0.2, 0.25) is 0 Å². The van der Waals surface area contributed by atoms with Gasteiger partial charge in [-0.1, -0.05) is 30.3 Å². The summed E-state index contributed by atoms with van der Waals surface area (Å²) in [7, 11) is 0. The van der Waals surface area contributed by atoms with Crippen LogP contribution in [0.1, 0.15) is 22.7 Å². The van der Waals surface area contributed by atoms with Gasteiger partial charge >= 0.3 is 5.97 Å². The highest BCUT2D eigenvalue weighted by atomic mass is 16.5. The topological polar surface area (TPSA) is 76.2 Å². The van der Waals surface area contributed by atoms with Crippen molar-refractivity contribution >= 4 is 11.8 Å². The Hall–Kier alpha value is -3.54. The van der Waals surface area contributed by atoms with Crippen LogP contribution in [0.15, 0.2) is 65.9 Å². The molecule has 0 amide bonds. The van der Waals surface area contributed by atoms with Gasteiger partial charge in [-0.25, -0.2) is 4.79 Å². The minimum Gasteiger partial charge on any atom is -0.457 e. The maximum atomic E-state index is 12.4. The van der Waals surface area contributed by atoms with Crippen LogP contribution in [-0.4, -0.2) is 22.8 Å². The number of cyclic esters (lactones) is 1. The maximum absolute atomic E-state index is 12.4. The molecule has 5 rings (SSSR count). The summed E-state index contributed by atoms with van der Waals surface area (Å²) in [6, 6.07) is 17.4. The highest BCUT2D eigenvalue weighted by Gasteiger charge is 2.40. The summed E-state index contributed by atoms with van der Waals surface area (Å²) in [6.45, 7) is 2.20. The monoisotopic (exact) mass is 359 g/mol. The third-order valence-corrected chi connectivity index (χ3v) is 4.90. The Morgan fingerprint density at radius 3 is 2.78 bits per heavy atom. The Bertz CT molecular complexity index is 1070. The van der Waals surface area contributed by atoms with Gasteiger partial charge in [0.15, 0.2) is 5.82 Å². The van der Waals surface area contributed by atoms with Crippen LogP contribution in [-0.2, 0) is 9.53 Å². The predicted molar refractivity (Wildman–Crippen MR) is 99.7 cm³/mol. The smallest absolute Gasteiger partial charge is 0.337 e. The molecule has 6 nitrogen and oxygen atoms in total. The fraction of sp³-hybridized carbons (Fsp3) is 0.143. The van der Waals surface area contributed by atoms with Crippen LogP contribution in [0.3, 0.4) is 0 Å². The van der Waals surface area contributed by atoms with E-state index in [9.17, 15) is 4.79 Å². The van der Waals surface area contributed by atoms with Crippen LogP contribution in [0.25, 0.3) is 0 Å². The molecule has 3 aromatic rings. The third-order valence-electron chi connectivity index (χ3n) is 4.90. The van der Waals surface area contributed by atoms with E-state index >= 15 is 0 Å². The lowest BCUT2D eigenvalue weighted by atomic mass is 9.82. The summed E-state index contributed by atoms with van der Waals surface area (Å²) in [4.78, 5) is 12.4. The molecule has 2 aromatic carbocycles. The van der Waals surface area contributed by atoms with Gasteiger partial charge in [-0.2, -0.15) is 5.10 Å². The largest absolute Gasteiger partial charge is 0.457 e. The molecule has 134 valence electrons. The lowest BCUT2D eigenvalue weighted by molar-refractivity contribution is -0.136. The molecule has 0 saturated heterocycles. The highest BCUT2D eigenvalue weighted by molar-refractivity contribution is 5.97. The van der Waals surface area contributed by atoms with Gasteiger partial charge in [-0.3, -0.25) is 5.10 Å². The minimum atomic E-state index is -0.289. The molecule has 0 radical (unpaired) electrons. The van der Waals surface area contributed by atoms with Gasteiger partial charge in [0.25, 0.3) is 0 Å². The third kappa shape index (κ3) is 2.57. The van der Waals surface area contributed by atoms with Gasteiger partial charge in [-0.05, 0) is 36.8 Å². The quantitative estimate of drug-likeness (QED) is 0.694. The summed E-state index contributed by atoms with van der Waals surface area (Å²) in [6.07, 6.45) is 0. The Labute approximate surface area is 155 Å². The zero-order valence-electron chi connectivity index (χ0n) is 14.7. The number of fused-ring (bicyclic) bond motifs is 1. The molecule has 1 atom stereocenters. The number of carbonyl (C=O) groups excluding carboxylic acids is 1. The number of carbonyl (C=O) groups is 1. The number of esters is 1. The lowest BCUT2D eigenvalue weighted by Crippen LogP contribution is -2.19. The molecule has 1 aromatic heterocycles. The van der Waals surface area contributed by atoms with Crippen molar-refractivity contribution in [1.82, 2.24) is 10.2 Å². The molecule has 0 fully saturated rings. The van der Waals surface area contributed by atoms with Crippen LogP contribution >= 0.6 is 0 Å². The van der Waals surface area contributed by atoms with Gasteiger partial charge in [0.05, 0.1) is 11.3 Å². The SMILES string of the molecule is Cc1[nH]nc2c1[C@H](c1cccc(Oc3ccccc3)c1)C1=C(COC1=O)N2. The number of anilines is 1. The van der Waals surface area contributed by atoms with Crippen molar-refractivity contribution in [1.29, 1.82) is 0 Å². The molecule has 0 unspecified atom stereocenters. The fourth-order valence-corrected chi connectivity index (χ4v) is 3.70. The van der Waals surface area contributed by atoms with Gasteiger partial charge < -0.3 is 14.8 Å². The number of rotatable bonds is 3. The average molecular weight is 359 g/mol. The van der Waals surface area contributed by atoms with Gasteiger partial charge in [0, 0.05) is 17.2 Å². The van der Waals surface area contributed by atoms with Gasteiger partial charge in [-0.15, -0.1) is 0 Å². The second kappa shape index (κ2) is 6.02. The summed E-state index contributed by atoms with van der Waals surface area (Å²) in [5, 5.41) is 10.6. The predicted octanol–water partition coefficient (Wildman–Crippen LogP) is 3.88. The van der Waals surface area contributed by atoms with Crippen molar-refractivity contribution < 1.29 is 14.3 Å². The molecule has 2 N–H and O–H groups in total. The molecule has 0 bridgehead atoms. The van der Waals surface area contributed by atoms with E-state index in [2.05, 4.69) is 15.5 Å². The van der Waals surface area contributed by atoms with E-state index in [1.807, 2.05) is 61.5 Å². The van der Waals surface area contributed by atoms with Gasteiger partial charge in [0.1, 0.15) is 18.1 Å². The average Bonchev–Trinajstić information content (AvgIpc) is 3.24. The van der Waals surface area contributed by atoms with Crippen LogP contribution < -0.4 is 10.1 Å². The second-order valence-electron chi connectivity index (χ2n) is 6.62. The van der Waals surface area contributed by atoms with E-state index < -0.39 is 0 Å². The van der Waals surface area contributed by atoms with E-state index in [0.29, 0.717) is 11.3 Å². The summed E-state index contributed by atoms with van der Waals surface area (Å²) in [5.74, 6) is 1.69.